The van der Waals surface area contributed by atoms with Crippen molar-refractivity contribution in [3.8, 4) is 0 Å². The molecule has 0 saturated carbocycles. The summed E-state index contributed by atoms with van der Waals surface area (Å²) < 4.78 is 19.3. The van der Waals surface area contributed by atoms with Crippen molar-refractivity contribution in [1.82, 2.24) is 0 Å². The molecule has 2 atom stereocenters. The van der Waals surface area contributed by atoms with Crippen LogP contribution in [-0.2, 0) is 9.53 Å². The van der Waals surface area contributed by atoms with Crippen molar-refractivity contribution in [1.29, 1.82) is 0 Å². The quantitative estimate of drug-likeness (QED) is 0.893. The van der Waals surface area contributed by atoms with E-state index in [4.69, 9.17) is 4.74 Å². The van der Waals surface area contributed by atoms with Gasteiger partial charge in [-0.2, -0.15) is 0 Å². The molecule has 1 aliphatic heterocycles. The molecule has 1 aliphatic rings. The standard InChI is InChI=1S/C14H19FN2O2/c1-9-7-17(8-10(2)19-9)14-5-12(15)4-13(6-14)16-11(3)18/h4-6,9-10H,7-8H2,1-3H3,(H,16,18)/t9-,10+. The number of carbonyl (C=O) groups is 1. The van der Waals surface area contributed by atoms with Crippen LogP contribution >= 0.6 is 0 Å². The fourth-order valence-corrected chi connectivity index (χ4v) is 2.42. The highest BCUT2D eigenvalue weighted by atomic mass is 19.1. The van der Waals surface area contributed by atoms with E-state index in [0.29, 0.717) is 18.8 Å². The number of hydrogen-bond acceptors (Lipinski definition) is 3. The predicted octanol–water partition coefficient (Wildman–Crippen LogP) is 2.40. The highest BCUT2D eigenvalue weighted by Crippen LogP contribution is 2.25. The molecule has 19 heavy (non-hydrogen) atoms. The van der Waals surface area contributed by atoms with Crippen molar-refractivity contribution in [2.45, 2.75) is 33.0 Å². The monoisotopic (exact) mass is 266 g/mol. The molecule has 1 heterocycles. The van der Waals surface area contributed by atoms with Crippen LogP contribution in [0.5, 0.6) is 0 Å². The van der Waals surface area contributed by atoms with Crippen LogP contribution in [0.4, 0.5) is 15.8 Å². The van der Waals surface area contributed by atoms with Crippen molar-refractivity contribution in [3.05, 3.63) is 24.0 Å². The van der Waals surface area contributed by atoms with Crippen LogP contribution in [-0.4, -0.2) is 31.2 Å². The number of ether oxygens (including phenoxy) is 1. The van der Waals surface area contributed by atoms with Gasteiger partial charge in [-0.25, -0.2) is 4.39 Å². The molecule has 5 heteroatoms. The molecule has 1 N–H and O–H groups in total. The van der Waals surface area contributed by atoms with Gasteiger partial charge in [0.25, 0.3) is 0 Å². The maximum Gasteiger partial charge on any atom is 0.221 e. The molecule has 1 amide bonds. The summed E-state index contributed by atoms with van der Waals surface area (Å²) in [4.78, 5) is 13.1. The number of nitrogens with one attached hydrogen (secondary N) is 1. The third-order valence-electron chi connectivity index (χ3n) is 2.99. The van der Waals surface area contributed by atoms with Crippen LogP contribution < -0.4 is 10.2 Å². The highest BCUT2D eigenvalue weighted by molar-refractivity contribution is 5.89. The Labute approximate surface area is 112 Å². The Balaban J connectivity index is 2.23. The van der Waals surface area contributed by atoms with E-state index in [-0.39, 0.29) is 23.9 Å². The van der Waals surface area contributed by atoms with Gasteiger partial charge in [-0.1, -0.05) is 0 Å². The number of nitrogens with zero attached hydrogens (tertiary/aromatic N) is 1. The third kappa shape index (κ3) is 3.67. The predicted molar refractivity (Wildman–Crippen MR) is 72.9 cm³/mol. The smallest absolute Gasteiger partial charge is 0.221 e. The van der Waals surface area contributed by atoms with Gasteiger partial charge in [-0.05, 0) is 32.0 Å². The van der Waals surface area contributed by atoms with Gasteiger partial charge < -0.3 is 15.0 Å². The second-order valence-corrected chi connectivity index (χ2v) is 5.04. The molecule has 1 aromatic carbocycles. The lowest BCUT2D eigenvalue weighted by Gasteiger charge is -2.37. The zero-order valence-electron chi connectivity index (χ0n) is 11.4. The Morgan fingerprint density at radius 3 is 2.53 bits per heavy atom. The summed E-state index contributed by atoms with van der Waals surface area (Å²) in [6.07, 6.45) is 0.215. The molecular weight excluding hydrogens is 247 g/mol. The van der Waals surface area contributed by atoms with E-state index in [1.807, 2.05) is 13.8 Å². The molecule has 4 nitrogen and oxygen atoms in total. The number of benzene rings is 1. The minimum atomic E-state index is -0.354. The molecule has 1 saturated heterocycles. The zero-order valence-corrected chi connectivity index (χ0v) is 11.4. The lowest BCUT2D eigenvalue weighted by atomic mass is 10.2. The molecule has 0 radical (unpaired) electrons. The number of hydrogen-bond donors (Lipinski definition) is 1. The number of carbonyl (C=O) groups excluding carboxylic acids is 1. The van der Waals surface area contributed by atoms with Crippen LogP contribution in [0, 0.1) is 5.82 Å². The summed E-state index contributed by atoms with van der Waals surface area (Å²) in [6, 6.07) is 4.59. The van der Waals surface area contributed by atoms with E-state index in [9.17, 15) is 9.18 Å². The molecule has 104 valence electrons. The van der Waals surface area contributed by atoms with Gasteiger partial charge >= 0.3 is 0 Å². The maximum absolute atomic E-state index is 13.6. The molecule has 0 unspecified atom stereocenters. The number of morpholine rings is 1. The minimum absolute atomic E-state index is 0.108. The van der Waals surface area contributed by atoms with Crippen molar-refractivity contribution in [2.24, 2.45) is 0 Å². The summed E-state index contributed by atoms with van der Waals surface area (Å²) >= 11 is 0. The fraction of sp³-hybridized carbons (Fsp3) is 0.500. The van der Waals surface area contributed by atoms with E-state index in [1.54, 1.807) is 6.07 Å². The molecule has 0 bridgehead atoms. The first kappa shape index (κ1) is 13.8. The lowest BCUT2D eigenvalue weighted by Crippen LogP contribution is -2.45. The lowest BCUT2D eigenvalue weighted by molar-refractivity contribution is -0.114. The average molecular weight is 266 g/mol. The van der Waals surface area contributed by atoms with E-state index in [1.165, 1.54) is 19.1 Å². The normalized spacial score (nSPS) is 23.3. The van der Waals surface area contributed by atoms with Crippen molar-refractivity contribution < 1.29 is 13.9 Å². The van der Waals surface area contributed by atoms with E-state index in [2.05, 4.69) is 10.2 Å². The van der Waals surface area contributed by atoms with E-state index >= 15 is 0 Å². The van der Waals surface area contributed by atoms with E-state index < -0.39 is 0 Å². The van der Waals surface area contributed by atoms with Crippen LogP contribution in [0.25, 0.3) is 0 Å². The third-order valence-corrected chi connectivity index (χ3v) is 2.99. The van der Waals surface area contributed by atoms with Crippen molar-refractivity contribution in [2.75, 3.05) is 23.3 Å². The Hall–Kier alpha value is -1.62. The van der Waals surface area contributed by atoms with Crippen LogP contribution in [0.3, 0.4) is 0 Å². The summed E-state index contributed by atoms with van der Waals surface area (Å²) in [5, 5.41) is 2.61. The largest absolute Gasteiger partial charge is 0.372 e. The Bertz CT molecular complexity index is 469. The van der Waals surface area contributed by atoms with Gasteiger partial charge in [-0.3, -0.25) is 4.79 Å². The van der Waals surface area contributed by atoms with E-state index in [0.717, 1.165) is 5.69 Å². The molecule has 0 aromatic heterocycles. The maximum atomic E-state index is 13.6. The Morgan fingerprint density at radius 2 is 1.95 bits per heavy atom. The van der Waals surface area contributed by atoms with Gasteiger partial charge in [0.2, 0.25) is 5.91 Å². The number of halogens is 1. The second kappa shape index (κ2) is 5.57. The Kier molecular flexibility index (Phi) is 4.04. The summed E-state index contributed by atoms with van der Waals surface area (Å²) in [5.41, 5.74) is 1.25. The summed E-state index contributed by atoms with van der Waals surface area (Å²) in [5.74, 6) is -0.562. The van der Waals surface area contributed by atoms with Gasteiger partial charge in [-0.15, -0.1) is 0 Å². The summed E-state index contributed by atoms with van der Waals surface area (Å²) in [7, 11) is 0. The van der Waals surface area contributed by atoms with Gasteiger partial charge in [0.05, 0.1) is 12.2 Å². The second-order valence-electron chi connectivity index (χ2n) is 5.04. The van der Waals surface area contributed by atoms with Gasteiger partial charge in [0, 0.05) is 31.4 Å². The average Bonchev–Trinajstić information content (AvgIpc) is 2.25. The first-order valence-electron chi connectivity index (χ1n) is 6.42. The van der Waals surface area contributed by atoms with Crippen LogP contribution in [0.2, 0.25) is 0 Å². The summed E-state index contributed by atoms with van der Waals surface area (Å²) in [6.45, 7) is 6.83. The van der Waals surface area contributed by atoms with Crippen LogP contribution in [0.1, 0.15) is 20.8 Å². The number of amides is 1. The molecule has 1 fully saturated rings. The fourth-order valence-electron chi connectivity index (χ4n) is 2.42. The SMILES string of the molecule is CC(=O)Nc1cc(F)cc(N2C[C@@H](C)O[C@@H](C)C2)c1. The first-order chi connectivity index (χ1) is 8.94. The highest BCUT2D eigenvalue weighted by Gasteiger charge is 2.23. The first-order valence-corrected chi connectivity index (χ1v) is 6.42. The van der Waals surface area contributed by atoms with Crippen molar-refractivity contribution in [3.63, 3.8) is 0 Å². The molecule has 2 rings (SSSR count). The van der Waals surface area contributed by atoms with Crippen molar-refractivity contribution >= 4 is 17.3 Å². The molecule has 1 aromatic rings. The Morgan fingerprint density at radius 1 is 1.32 bits per heavy atom. The van der Waals surface area contributed by atoms with Crippen LogP contribution in [0.15, 0.2) is 18.2 Å². The van der Waals surface area contributed by atoms with Gasteiger partial charge in [0.15, 0.2) is 0 Å². The molecular formula is C14H19FN2O2. The number of rotatable bonds is 2. The molecule has 0 spiro atoms. The topological polar surface area (TPSA) is 41.6 Å². The van der Waals surface area contributed by atoms with Gasteiger partial charge in [0.1, 0.15) is 5.82 Å². The zero-order chi connectivity index (χ0) is 14.0. The number of anilines is 2. The minimum Gasteiger partial charge on any atom is -0.372 e. The molecule has 0 aliphatic carbocycles.